The lowest BCUT2D eigenvalue weighted by atomic mass is 10.0. The summed E-state index contributed by atoms with van der Waals surface area (Å²) in [5.41, 5.74) is 2.24. The maximum absolute atomic E-state index is 12.2. The van der Waals surface area contributed by atoms with Crippen molar-refractivity contribution in [2.75, 3.05) is 55.6 Å². The van der Waals surface area contributed by atoms with E-state index in [1.807, 2.05) is 0 Å². The molecule has 7 heteroatoms. The monoisotopic (exact) mass is 380 g/mol. The van der Waals surface area contributed by atoms with Crippen molar-refractivity contribution in [1.82, 2.24) is 20.2 Å². The van der Waals surface area contributed by atoms with Gasteiger partial charge in [0.05, 0.1) is 11.6 Å². The fourth-order valence-corrected chi connectivity index (χ4v) is 4.80. The first-order valence-corrected chi connectivity index (χ1v) is 10.6. The summed E-state index contributed by atoms with van der Waals surface area (Å²) in [7, 11) is 0. The molecule has 3 fully saturated rings. The topological polar surface area (TPSA) is 64.6 Å². The minimum absolute atomic E-state index is 0.0580. The highest BCUT2D eigenvalue weighted by Crippen LogP contribution is 2.30. The first-order valence-electron chi connectivity index (χ1n) is 10.6. The van der Waals surface area contributed by atoms with Crippen LogP contribution in [0.25, 0.3) is 10.9 Å². The van der Waals surface area contributed by atoms with E-state index in [9.17, 15) is 4.79 Å². The Kier molecular flexibility index (Phi) is 4.76. The number of hydrogen-bond acceptors (Lipinski definition) is 6. The fraction of sp³-hybridized carbons (Fsp3) is 0.571. The third-order valence-electron chi connectivity index (χ3n) is 6.38. The molecule has 0 radical (unpaired) electrons. The highest BCUT2D eigenvalue weighted by atomic mass is 16.2. The van der Waals surface area contributed by atoms with E-state index in [0.717, 1.165) is 75.4 Å². The number of fused-ring (bicyclic) bond motifs is 1. The highest BCUT2D eigenvalue weighted by Gasteiger charge is 2.30. The molecule has 0 bridgehead atoms. The molecule has 0 saturated carbocycles. The number of piperazine rings is 1. The maximum Gasteiger partial charge on any atom is 0.237 e. The molecule has 1 unspecified atom stereocenters. The number of nitrogens with zero attached hydrogens (tertiary/aromatic N) is 5. The van der Waals surface area contributed by atoms with Crippen LogP contribution in [0.3, 0.4) is 0 Å². The van der Waals surface area contributed by atoms with Crippen molar-refractivity contribution in [2.24, 2.45) is 0 Å². The molecule has 1 atom stereocenters. The Morgan fingerprint density at radius 3 is 2.54 bits per heavy atom. The van der Waals surface area contributed by atoms with Crippen molar-refractivity contribution < 1.29 is 4.79 Å². The van der Waals surface area contributed by atoms with E-state index in [2.05, 4.69) is 48.2 Å². The number of carbonyl (C=O) groups excluding carboxylic acids is 1. The predicted molar refractivity (Wildman–Crippen MR) is 111 cm³/mol. The van der Waals surface area contributed by atoms with Crippen molar-refractivity contribution >= 4 is 28.3 Å². The number of rotatable bonds is 3. The van der Waals surface area contributed by atoms with Gasteiger partial charge in [0.25, 0.3) is 0 Å². The summed E-state index contributed by atoms with van der Waals surface area (Å²) in [5, 5.41) is 4.16. The van der Waals surface area contributed by atoms with Gasteiger partial charge in [-0.1, -0.05) is 0 Å². The molecule has 1 aromatic heterocycles. The van der Waals surface area contributed by atoms with Crippen molar-refractivity contribution in [3.05, 3.63) is 24.5 Å². The Morgan fingerprint density at radius 2 is 1.75 bits per heavy atom. The highest BCUT2D eigenvalue weighted by molar-refractivity contribution is 5.92. The molecule has 5 rings (SSSR count). The van der Waals surface area contributed by atoms with E-state index >= 15 is 0 Å². The molecule has 2 aromatic rings. The van der Waals surface area contributed by atoms with Crippen LogP contribution in [0.5, 0.6) is 0 Å². The molecule has 1 N–H and O–H groups in total. The van der Waals surface area contributed by atoms with Crippen LogP contribution in [0.15, 0.2) is 24.5 Å². The Balaban J connectivity index is 1.34. The third kappa shape index (κ3) is 3.28. The molecule has 148 valence electrons. The summed E-state index contributed by atoms with van der Waals surface area (Å²) in [6.45, 7) is 6.75. The number of amides is 1. The third-order valence-corrected chi connectivity index (χ3v) is 6.38. The Labute approximate surface area is 165 Å². The van der Waals surface area contributed by atoms with Crippen LogP contribution < -0.4 is 15.1 Å². The van der Waals surface area contributed by atoms with Crippen molar-refractivity contribution in [2.45, 2.75) is 31.7 Å². The van der Waals surface area contributed by atoms with Crippen LogP contribution >= 0.6 is 0 Å². The Hall–Kier alpha value is -2.41. The summed E-state index contributed by atoms with van der Waals surface area (Å²) < 4.78 is 0. The summed E-state index contributed by atoms with van der Waals surface area (Å²) in [4.78, 5) is 28.4. The summed E-state index contributed by atoms with van der Waals surface area (Å²) >= 11 is 0. The first-order chi connectivity index (χ1) is 13.8. The molecule has 1 amide bonds. The predicted octanol–water partition coefficient (Wildman–Crippen LogP) is 1.63. The number of aromatic nitrogens is 2. The number of nitrogens with one attached hydrogen (secondary N) is 1. The van der Waals surface area contributed by atoms with E-state index in [1.165, 1.54) is 18.5 Å². The molecule has 0 aliphatic carbocycles. The van der Waals surface area contributed by atoms with Crippen molar-refractivity contribution in [3.8, 4) is 0 Å². The zero-order chi connectivity index (χ0) is 18.9. The molecule has 3 aliphatic heterocycles. The second kappa shape index (κ2) is 7.54. The lowest BCUT2D eigenvalue weighted by Gasteiger charge is -2.40. The van der Waals surface area contributed by atoms with Gasteiger partial charge in [-0.3, -0.25) is 9.69 Å². The summed E-state index contributed by atoms with van der Waals surface area (Å²) in [6, 6.07) is 6.60. The largest absolute Gasteiger partial charge is 0.369 e. The molecular formula is C21H28N6O. The Bertz CT molecular complexity index is 857. The van der Waals surface area contributed by atoms with Crippen molar-refractivity contribution in [3.63, 3.8) is 0 Å². The second-order valence-corrected chi connectivity index (χ2v) is 8.06. The molecular weight excluding hydrogens is 352 g/mol. The van der Waals surface area contributed by atoms with Gasteiger partial charge in [0.15, 0.2) is 0 Å². The van der Waals surface area contributed by atoms with Gasteiger partial charge in [-0.2, -0.15) is 0 Å². The van der Waals surface area contributed by atoms with E-state index < -0.39 is 0 Å². The van der Waals surface area contributed by atoms with Crippen LogP contribution in [0.4, 0.5) is 11.5 Å². The van der Waals surface area contributed by atoms with Gasteiger partial charge in [-0.25, -0.2) is 9.97 Å². The lowest BCUT2D eigenvalue weighted by molar-refractivity contribution is -0.128. The van der Waals surface area contributed by atoms with Gasteiger partial charge in [-0.05, 0) is 43.9 Å². The molecule has 4 heterocycles. The molecule has 1 aromatic carbocycles. The SMILES string of the molecule is O=C1NCCCC1N1CCN(c2ccc3ncnc(N4CCCC4)c3c2)CC1. The van der Waals surface area contributed by atoms with Gasteiger partial charge in [0.2, 0.25) is 5.91 Å². The number of anilines is 2. The Morgan fingerprint density at radius 1 is 0.929 bits per heavy atom. The fourth-order valence-electron chi connectivity index (χ4n) is 4.80. The van der Waals surface area contributed by atoms with Gasteiger partial charge in [0.1, 0.15) is 12.1 Å². The minimum Gasteiger partial charge on any atom is -0.369 e. The number of benzene rings is 1. The smallest absolute Gasteiger partial charge is 0.237 e. The van der Waals surface area contributed by atoms with Crippen molar-refractivity contribution in [1.29, 1.82) is 0 Å². The van der Waals surface area contributed by atoms with E-state index in [-0.39, 0.29) is 11.9 Å². The molecule has 3 aliphatic rings. The van der Waals surface area contributed by atoms with Crippen LogP contribution in [0.2, 0.25) is 0 Å². The molecule has 7 nitrogen and oxygen atoms in total. The molecule has 3 saturated heterocycles. The van der Waals surface area contributed by atoms with Gasteiger partial charge < -0.3 is 15.1 Å². The maximum atomic E-state index is 12.2. The first kappa shape index (κ1) is 17.7. The quantitative estimate of drug-likeness (QED) is 0.873. The van der Waals surface area contributed by atoms with Gasteiger partial charge in [-0.15, -0.1) is 0 Å². The zero-order valence-corrected chi connectivity index (χ0v) is 16.3. The zero-order valence-electron chi connectivity index (χ0n) is 16.3. The minimum atomic E-state index is 0.0580. The average Bonchev–Trinajstić information content (AvgIpc) is 3.28. The van der Waals surface area contributed by atoms with Crippen LogP contribution in [0.1, 0.15) is 25.7 Å². The summed E-state index contributed by atoms with van der Waals surface area (Å²) in [6.07, 6.45) is 6.23. The number of hydrogen-bond donors (Lipinski definition) is 1. The normalized spacial score (nSPS) is 24.0. The van der Waals surface area contributed by atoms with Gasteiger partial charge >= 0.3 is 0 Å². The van der Waals surface area contributed by atoms with Crippen LogP contribution in [0, 0.1) is 0 Å². The number of piperidine rings is 1. The number of carbonyl (C=O) groups is 1. The van der Waals surface area contributed by atoms with Crippen LogP contribution in [-0.2, 0) is 4.79 Å². The van der Waals surface area contributed by atoms with Crippen LogP contribution in [-0.4, -0.2) is 72.6 Å². The summed E-state index contributed by atoms with van der Waals surface area (Å²) in [5.74, 6) is 1.28. The average molecular weight is 380 g/mol. The molecule has 0 spiro atoms. The van der Waals surface area contributed by atoms with Gasteiger partial charge in [0, 0.05) is 56.9 Å². The van der Waals surface area contributed by atoms with E-state index in [0.29, 0.717) is 0 Å². The van der Waals surface area contributed by atoms with E-state index in [4.69, 9.17) is 0 Å². The lowest BCUT2D eigenvalue weighted by Crippen LogP contribution is -2.56. The second-order valence-electron chi connectivity index (χ2n) is 8.06. The molecule has 28 heavy (non-hydrogen) atoms. The standard InChI is InChI=1S/C21H28N6O/c28-21-19(4-3-7-22-21)26-12-10-25(11-13-26)16-5-6-18-17(14-16)20(24-15-23-18)27-8-1-2-9-27/h5-6,14-15,19H,1-4,7-13H2,(H,22,28). The van der Waals surface area contributed by atoms with E-state index in [1.54, 1.807) is 6.33 Å².